The number of hydrogen-bond acceptors (Lipinski definition) is 4. The van der Waals surface area contributed by atoms with Crippen LogP contribution in [0.25, 0.3) is 16.8 Å². The highest BCUT2D eigenvalue weighted by Gasteiger charge is 2.10. The van der Waals surface area contributed by atoms with Gasteiger partial charge < -0.3 is 10.8 Å². The maximum atomic E-state index is 9.73. The van der Waals surface area contributed by atoms with Crippen molar-refractivity contribution in [2.75, 3.05) is 5.73 Å². The summed E-state index contributed by atoms with van der Waals surface area (Å²) in [4.78, 5) is 0. The molecule has 3 aromatic rings. The fourth-order valence-corrected chi connectivity index (χ4v) is 1.92. The molecular formula is C11H11N5O. The molecule has 0 aliphatic rings. The van der Waals surface area contributed by atoms with E-state index in [2.05, 4.69) is 10.2 Å². The molecule has 3 aromatic heterocycles. The largest absolute Gasteiger partial charge is 0.504 e. The zero-order chi connectivity index (χ0) is 12.0. The summed E-state index contributed by atoms with van der Waals surface area (Å²) < 4.78 is 3.31. The van der Waals surface area contributed by atoms with Gasteiger partial charge in [0.25, 0.3) is 0 Å². The van der Waals surface area contributed by atoms with Crippen LogP contribution in [0.5, 0.6) is 5.75 Å². The molecule has 0 fully saturated rings. The molecule has 0 spiro atoms. The van der Waals surface area contributed by atoms with E-state index in [0.717, 1.165) is 11.1 Å². The first-order valence-electron chi connectivity index (χ1n) is 5.11. The van der Waals surface area contributed by atoms with Crippen molar-refractivity contribution in [3.8, 4) is 17.0 Å². The summed E-state index contributed by atoms with van der Waals surface area (Å²) in [7, 11) is 1.78. The van der Waals surface area contributed by atoms with E-state index >= 15 is 0 Å². The highest BCUT2D eigenvalue weighted by atomic mass is 16.3. The molecule has 3 heterocycles. The highest BCUT2D eigenvalue weighted by molar-refractivity contribution is 5.71. The quantitative estimate of drug-likeness (QED) is 0.652. The third kappa shape index (κ3) is 1.42. The molecule has 3 N–H and O–H groups in total. The lowest BCUT2D eigenvalue weighted by Crippen LogP contribution is -1.95. The average Bonchev–Trinajstić information content (AvgIpc) is 2.80. The molecule has 0 aliphatic carbocycles. The first kappa shape index (κ1) is 9.71. The standard InChI is InChI=1S/C11H11N5O/c1-15-11(9(17)6-13-15)7-2-3-16-8(4-7)5-10(12)14-16/h2-6,17H,1H3,(H2,12,14). The minimum atomic E-state index is 0.157. The fraction of sp³-hybridized carbons (Fsp3) is 0.0909. The van der Waals surface area contributed by atoms with Crippen molar-refractivity contribution in [2.24, 2.45) is 7.05 Å². The molecule has 0 atom stereocenters. The summed E-state index contributed by atoms with van der Waals surface area (Å²) in [5.41, 5.74) is 8.04. The average molecular weight is 229 g/mol. The van der Waals surface area contributed by atoms with Crippen molar-refractivity contribution in [2.45, 2.75) is 0 Å². The zero-order valence-corrected chi connectivity index (χ0v) is 9.20. The van der Waals surface area contributed by atoms with Crippen LogP contribution < -0.4 is 5.73 Å². The lowest BCUT2D eigenvalue weighted by Gasteiger charge is -2.03. The third-order valence-corrected chi connectivity index (χ3v) is 2.68. The molecule has 0 saturated heterocycles. The van der Waals surface area contributed by atoms with Crippen LogP contribution in [0.3, 0.4) is 0 Å². The van der Waals surface area contributed by atoms with E-state index < -0.39 is 0 Å². The van der Waals surface area contributed by atoms with Gasteiger partial charge in [0, 0.05) is 24.9 Å². The Morgan fingerprint density at radius 2 is 2.18 bits per heavy atom. The maximum absolute atomic E-state index is 9.73. The molecule has 3 rings (SSSR count). The predicted molar refractivity (Wildman–Crippen MR) is 63.5 cm³/mol. The Labute approximate surface area is 96.9 Å². The smallest absolute Gasteiger partial charge is 0.161 e. The zero-order valence-electron chi connectivity index (χ0n) is 9.20. The minimum Gasteiger partial charge on any atom is -0.504 e. The predicted octanol–water partition coefficient (Wildman–Crippen LogP) is 1.02. The lowest BCUT2D eigenvalue weighted by molar-refractivity contribution is 0.477. The fourth-order valence-electron chi connectivity index (χ4n) is 1.92. The monoisotopic (exact) mass is 229 g/mol. The molecule has 6 heteroatoms. The molecule has 0 amide bonds. The number of pyridine rings is 1. The summed E-state index contributed by atoms with van der Waals surface area (Å²) in [5, 5.41) is 17.8. The Bertz CT molecular complexity index is 678. The number of anilines is 1. The number of nitrogens with two attached hydrogens (primary N) is 1. The molecule has 0 radical (unpaired) electrons. The molecule has 0 aromatic carbocycles. The molecule has 0 aliphatic heterocycles. The number of aromatic nitrogens is 4. The Morgan fingerprint density at radius 1 is 1.35 bits per heavy atom. The number of fused-ring (bicyclic) bond motifs is 1. The Morgan fingerprint density at radius 3 is 2.88 bits per heavy atom. The van der Waals surface area contributed by atoms with Crippen LogP contribution in [0, 0.1) is 0 Å². The SMILES string of the molecule is Cn1ncc(O)c1-c1ccn2nc(N)cc2c1. The second kappa shape index (κ2) is 3.24. The molecule has 0 saturated carbocycles. The molecule has 0 unspecified atom stereocenters. The van der Waals surface area contributed by atoms with Crippen molar-refractivity contribution in [1.29, 1.82) is 0 Å². The van der Waals surface area contributed by atoms with Gasteiger partial charge in [-0.2, -0.15) is 10.2 Å². The van der Waals surface area contributed by atoms with Gasteiger partial charge in [-0.25, -0.2) is 4.52 Å². The normalized spacial score (nSPS) is 11.1. The number of nitrogen functional groups attached to an aromatic ring is 1. The number of hydrogen-bond donors (Lipinski definition) is 2. The third-order valence-electron chi connectivity index (χ3n) is 2.68. The second-order valence-electron chi connectivity index (χ2n) is 3.86. The van der Waals surface area contributed by atoms with Crippen molar-refractivity contribution >= 4 is 11.3 Å². The summed E-state index contributed by atoms with van der Waals surface area (Å²) >= 11 is 0. The van der Waals surface area contributed by atoms with Crippen LogP contribution in [0.1, 0.15) is 0 Å². The van der Waals surface area contributed by atoms with Crippen molar-refractivity contribution in [3.05, 3.63) is 30.6 Å². The Balaban J connectivity index is 2.24. The van der Waals surface area contributed by atoms with Gasteiger partial charge in [-0.05, 0) is 12.1 Å². The summed E-state index contributed by atoms with van der Waals surface area (Å²) in [6.45, 7) is 0. The van der Waals surface area contributed by atoms with Crippen molar-refractivity contribution in [1.82, 2.24) is 19.4 Å². The Kier molecular flexibility index (Phi) is 1.85. The van der Waals surface area contributed by atoms with Crippen LogP contribution in [0.4, 0.5) is 5.82 Å². The van der Waals surface area contributed by atoms with Gasteiger partial charge in [-0.15, -0.1) is 0 Å². The summed E-state index contributed by atoms with van der Waals surface area (Å²) in [5.74, 6) is 0.626. The molecule has 17 heavy (non-hydrogen) atoms. The van der Waals surface area contributed by atoms with Crippen molar-refractivity contribution < 1.29 is 5.11 Å². The minimum absolute atomic E-state index is 0.157. The second-order valence-corrected chi connectivity index (χ2v) is 3.86. The van der Waals surface area contributed by atoms with Gasteiger partial charge in [-0.1, -0.05) is 0 Å². The topological polar surface area (TPSA) is 81.4 Å². The van der Waals surface area contributed by atoms with E-state index in [4.69, 9.17) is 5.73 Å². The lowest BCUT2D eigenvalue weighted by atomic mass is 10.1. The van der Waals surface area contributed by atoms with Crippen molar-refractivity contribution in [3.63, 3.8) is 0 Å². The van der Waals surface area contributed by atoms with E-state index in [1.807, 2.05) is 12.1 Å². The number of aryl methyl sites for hydroxylation is 1. The van der Waals surface area contributed by atoms with Gasteiger partial charge in [0.2, 0.25) is 0 Å². The molecule has 86 valence electrons. The van der Waals surface area contributed by atoms with Gasteiger partial charge in [0.05, 0.1) is 11.7 Å². The maximum Gasteiger partial charge on any atom is 0.161 e. The van der Waals surface area contributed by atoms with Gasteiger partial charge in [0.1, 0.15) is 11.5 Å². The van der Waals surface area contributed by atoms with Gasteiger partial charge in [0.15, 0.2) is 5.75 Å². The Hall–Kier alpha value is -2.50. The number of nitrogens with zero attached hydrogens (tertiary/aromatic N) is 4. The molecular weight excluding hydrogens is 218 g/mol. The highest BCUT2D eigenvalue weighted by Crippen LogP contribution is 2.28. The summed E-state index contributed by atoms with van der Waals surface area (Å²) in [6.07, 6.45) is 3.22. The van der Waals surface area contributed by atoms with Crippen LogP contribution >= 0.6 is 0 Å². The summed E-state index contributed by atoms with van der Waals surface area (Å²) in [6, 6.07) is 5.53. The first-order valence-corrected chi connectivity index (χ1v) is 5.11. The number of rotatable bonds is 1. The first-order chi connectivity index (χ1) is 8.15. The van der Waals surface area contributed by atoms with Gasteiger partial charge >= 0.3 is 0 Å². The van der Waals surface area contributed by atoms with Crippen LogP contribution in [0.2, 0.25) is 0 Å². The van der Waals surface area contributed by atoms with Crippen LogP contribution in [-0.4, -0.2) is 24.5 Å². The van der Waals surface area contributed by atoms with Crippen LogP contribution in [0.15, 0.2) is 30.6 Å². The van der Waals surface area contributed by atoms with Gasteiger partial charge in [-0.3, -0.25) is 4.68 Å². The van der Waals surface area contributed by atoms with Crippen LogP contribution in [-0.2, 0) is 7.05 Å². The van der Waals surface area contributed by atoms with E-state index in [1.54, 1.807) is 28.5 Å². The van der Waals surface area contributed by atoms with E-state index in [1.165, 1.54) is 6.20 Å². The molecule has 6 nitrogen and oxygen atoms in total. The van der Waals surface area contributed by atoms with E-state index in [-0.39, 0.29) is 5.75 Å². The van der Waals surface area contributed by atoms with E-state index in [9.17, 15) is 5.11 Å². The molecule has 0 bridgehead atoms. The van der Waals surface area contributed by atoms with E-state index in [0.29, 0.717) is 11.5 Å². The number of aromatic hydroxyl groups is 1.